The summed E-state index contributed by atoms with van der Waals surface area (Å²) in [7, 11) is 0. The van der Waals surface area contributed by atoms with Crippen LogP contribution in [0.5, 0.6) is 0 Å². The van der Waals surface area contributed by atoms with Crippen molar-refractivity contribution < 1.29 is 23.1 Å². The van der Waals surface area contributed by atoms with Gasteiger partial charge in [-0.1, -0.05) is 48.2 Å². The van der Waals surface area contributed by atoms with Crippen molar-refractivity contribution in [1.82, 2.24) is 9.97 Å². The van der Waals surface area contributed by atoms with Crippen molar-refractivity contribution in [3.63, 3.8) is 0 Å². The van der Waals surface area contributed by atoms with E-state index in [1.54, 1.807) is 30.3 Å². The summed E-state index contributed by atoms with van der Waals surface area (Å²) < 4.78 is 38.1. The summed E-state index contributed by atoms with van der Waals surface area (Å²) in [6.07, 6.45) is -4.42. The number of H-pyrrole nitrogens is 1. The molecule has 2 aromatic carbocycles. The van der Waals surface area contributed by atoms with E-state index >= 15 is 0 Å². The van der Waals surface area contributed by atoms with Crippen molar-refractivity contribution in [2.24, 2.45) is 0 Å². The van der Waals surface area contributed by atoms with Crippen LogP contribution >= 0.6 is 11.8 Å². The summed E-state index contributed by atoms with van der Waals surface area (Å²) in [5.41, 5.74) is 0.0568. The Bertz CT molecular complexity index is 1180. The van der Waals surface area contributed by atoms with E-state index in [2.05, 4.69) is 9.97 Å². The van der Waals surface area contributed by atoms with Gasteiger partial charge in [0.05, 0.1) is 17.0 Å². The van der Waals surface area contributed by atoms with Crippen LogP contribution in [0.1, 0.15) is 11.1 Å². The molecule has 0 aliphatic heterocycles. The Kier molecular flexibility index (Phi) is 5.94. The first-order valence-electron chi connectivity index (χ1n) is 8.36. The Morgan fingerprint density at radius 2 is 1.60 bits per heavy atom. The van der Waals surface area contributed by atoms with Gasteiger partial charge in [-0.15, -0.1) is 0 Å². The third-order valence-corrected chi connectivity index (χ3v) is 4.90. The van der Waals surface area contributed by atoms with Gasteiger partial charge >= 0.3 is 12.1 Å². The second-order valence-corrected chi connectivity index (χ2v) is 7.01. The molecule has 3 rings (SSSR count). The monoisotopic (exact) mass is 431 g/mol. The number of aromatic nitrogens is 2. The van der Waals surface area contributed by atoms with Gasteiger partial charge in [-0.05, 0) is 23.3 Å². The number of carbonyl (C=O) groups is 1. The minimum atomic E-state index is -4.42. The summed E-state index contributed by atoms with van der Waals surface area (Å²) in [4.78, 5) is 29.4. The molecule has 3 aromatic rings. The molecule has 10 heteroatoms. The van der Waals surface area contributed by atoms with Gasteiger partial charge in [-0.2, -0.15) is 18.4 Å². The van der Waals surface area contributed by atoms with Crippen LogP contribution in [-0.4, -0.2) is 26.8 Å². The fraction of sp³-hybridized carbons (Fsp3) is 0.100. The van der Waals surface area contributed by atoms with Gasteiger partial charge in [0.15, 0.2) is 5.16 Å². The number of carboxylic acids is 1. The highest BCUT2D eigenvalue weighted by Crippen LogP contribution is 2.31. The van der Waals surface area contributed by atoms with E-state index in [0.717, 1.165) is 23.9 Å². The molecular formula is C20H12F3N3O3S. The van der Waals surface area contributed by atoms with Crippen LogP contribution in [-0.2, 0) is 11.0 Å². The number of alkyl halides is 3. The second kappa shape index (κ2) is 8.42. The fourth-order valence-electron chi connectivity index (χ4n) is 2.64. The van der Waals surface area contributed by atoms with Crippen LogP contribution < -0.4 is 5.56 Å². The predicted octanol–water partition coefficient (Wildman–Crippen LogP) is 4.17. The van der Waals surface area contributed by atoms with Crippen molar-refractivity contribution in [3.05, 3.63) is 70.0 Å². The van der Waals surface area contributed by atoms with E-state index in [9.17, 15) is 28.0 Å². The summed E-state index contributed by atoms with van der Waals surface area (Å²) >= 11 is 0.806. The molecule has 152 valence electrons. The molecule has 0 saturated heterocycles. The maximum Gasteiger partial charge on any atom is 0.416 e. The van der Waals surface area contributed by atoms with Crippen LogP contribution in [0.2, 0.25) is 0 Å². The highest BCUT2D eigenvalue weighted by atomic mass is 32.2. The highest BCUT2D eigenvalue weighted by Gasteiger charge is 2.29. The van der Waals surface area contributed by atoms with Gasteiger partial charge in [0.25, 0.3) is 5.56 Å². The summed E-state index contributed by atoms with van der Waals surface area (Å²) in [5, 5.41) is 18.1. The molecule has 0 amide bonds. The summed E-state index contributed by atoms with van der Waals surface area (Å²) in [5.74, 6) is -1.41. The number of hydrogen-bond acceptors (Lipinski definition) is 5. The number of benzene rings is 2. The zero-order valence-corrected chi connectivity index (χ0v) is 15.8. The Labute approximate surface area is 172 Å². The first-order chi connectivity index (χ1) is 14.2. The summed E-state index contributed by atoms with van der Waals surface area (Å²) in [6, 6.07) is 12.9. The lowest BCUT2D eigenvalue weighted by molar-refractivity contribution is -0.137. The van der Waals surface area contributed by atoms with Gasteiger partial charge in [0, 0.05) is 5.56 Å². The maximum absolute atomic E-state index is 12.7. The zero-order valence-electron chi connectivity index (χ0n) is 15.0. The number of aliphatic carboxylic acids is 1. The Morgan fingerprint density at radius 1 is 1.07 bits per heavy atom. The zero-order chi connectivity index (χ0) is 21.9. The predicted molar refractivity (Wildman–Crippen MR) is 104 cm³/mol. The lowest BCUT2D eigenvalue weighted by atomic mass is 10.0. The Morgan fingerprint density at radius 3 is 2.10 bits per heavy atom. The molecule has 6 nitrogen and oxygen atoms in total. The number of hydrogen-bond donors (Lipinski definition) is 2. The van der Waals surface area contributed by atoms with Crippen LogP contribution in [0, 0.1) is 11.3 Å². The average Bonchev–Trinajstić information content (AvgIpc) is 2.71. The number of nitriles is 1. The largest absolute Gasteiger partial charge is 0.481 e. The van der Waals surface area contributed by atoms with Crippen molar-refractivity contribution in [2.45, 2.75) is 11.3 Å². The molecular weight excluding hydrogens is 419 g/mol. The van der Waals surface area contributed by atoms with Crippen LogP contribution in [0.25, 0.3) is 22.4 Å². The van der Waals surface area contributed by atoms with Gasteiger partial charge in [0.1, 0.15) is 11.6 Å². The average molecular weight is 431 g/mol. The number of carboxylic acid groups (broad SMARTS) is 1. The van der Waals surface area contributed by atoms with E-state index in [-0.39, 0.29) is 22.2 Å². The Hall–Kier alpha value is -3.58. The summed E-state index contributed by atoms with van der Waals surface area (Å²) in [6.45, 7) is 0. The van der Waals surface area contributed by atoms with E-state index in [4.69, 9.17) is 5.11 Å². The first-order valence-corrected chi connectivity index (χ1v) is 9.34. The fourth-order valence-corrected chi connectivity index (χ4v) is 3.22. The number of rotatable bonds is 5. The third kappa shape index (κ3) is 4.69. The second-order valence-electron chi connectivity index (χ2n) is 6.04. The maximum atomic E-state index is 12.7. The molecule has 0 saturated carbocycles. The van der Waals surface area contributed by atoms with Crippen molar-refractivity contribution in [2.75, 3.05) is 5.75 Å². The van der Waals surface area contributed by atoms with Gasteiger partial charge < -0.3 is 10.1 Å². The molecule has 0 atom stereocenters. The molecule has 1 heterocycles. The quantitative estimate of drug-likeness (QED) is 0.464. The number of aromatic amines is 1. The SMILES string of the molecule is N#Cc1c(-c2ccc(-c3ccc(C(F)(F)F)cc3)cc2)nc(SCC(=O)O)[nH]c1=O. The molecule has 0 aliphatic rings. The molecule has 1 aromatic heterocycles. The molecule has 0 spiro atoms. The number of nitrogens with zero attached hydrogens (tertiary/aromatic N) is 2. The first kappa shape index (κ1) is 21.1. The topological polar surface area (TPSA) is 107 Å². The highest BCUT2D eigenvalue weighted by molar-refractivity contribution is 7.99. The van der Waals surface area contributed by atoms with E-state index in [0.29, 0.717) is 16.7 Å². The minimum Gasteiger partial charge on any atom is -0.481 e. The van der Waals surface area contributed by atoms with Gasteiger partial charge in [-0.3, -0.25) is 9.59 Å². The van der Waals surface area contributed by atoms with Gasteiger partial charge in [-0.25, -0.2) is 4.98 Å². The molecule has 2 N–H and O–H groups in total. The van der Waals surface area contributed by atoms with E-state index in [1.165, 1.54) is 12.1 Å². The minimum absolute atomic E-state index is 0.0585. The molecule has 0 radical (unpaired) electrons. The van der Waals surface area contributed by atoms with Crippen molar-refractivity contribution >= 4 is 17.7 Å². The molecule has 0 bridgehead atoms. The molecule has 30 heavy (non-hydrogen) atoms. The van der Waals surface area contributed by atoms with E-state index in [1.807, 2.05) is 0 Å². The van der Waals surface area contributed by atoms with Crippen LogP contribution in [0.15, 0.2) is 58.5 Å². The molecule has 0 unspecified atom stereocenters. The van der Waals surface area contributed by atoms with Crippen LogP contribution in [0.3, 0.4) is 0 Å². The van der Waals surface area contributed by atoms with Gasteiger partial charge in [0.2, 0.25) is 0 Å². The number of halogens is 3. The smallest absolute Gasteiger partial charge is 0.416 e. The normalized spacial score (nSPS) is 11.1. The lowest BCUT2D eigenvalue weighted by Crippen LogP contribution is -2.15. The Balaban J connectivity index is 1.95. The number of nitrogens with one attached hydrogen (secondary N) is 1. The third-order valence-electron chi connectivity index (χ3n) is 4.05. The lowest BCUT2D eigenvalue weighted by Gasteiger charge is -2.09. The van der Waals surface area contributed by atoms with Crippen molar-refractivity contribution in [3.8, 4) is 28.5 Å². The van der Waals surface area contributed by atoms with Crippen molar-refractivity contribution in [1.29, 1.82) is 5.26 Å². The van der Waals surface area contributed by atoms with E-state index < -0.39 is 23.3 Å². The number of thioether (sulfide) groups is 1. The molecule has 0 aliphatic carbocycles. The standard InChI is InChI=1S/C20H12F3N3O3S/c21-20(22,23)14-7-5-12(6-8-14)11-1-3-13(4-2-11)17-15(9-24)18(29)26-19(25-17)30-10-16(27)28/h1-8H,10H2,(H,27,28)(H,25,26,29). The molecule has 0 fully saturated rings. The van der Waals surface area contributed by atoms with Crippen LogP contribution in [0.4, 0.5) is 13.2 Å².